The first-order valence-electron chi connectivity index (χ1n) is 3.42. The van der Waals surface area contributed by atoms with E-state index in [-0.39, 0.29) is 4.92 Å². The quantitative estimate of drug-likeness (QED) is 0.301. The Hall–Kier alpha value is 2.25. The van der Waals surface area contributed by atoms with Crippen molar-refractivity contribution in [2.75, 3.05) is 0 Å². The predicted molar refractivity (Wildman–Crippen MR) is 80.9 cm³/mol. The van der Waals surface area contributed by atoms with Crippen LogP contribution in [0.2, 0.25) is 0 Å². The molecule has 0 aromatic rings. The number of hydrogen-bond donors (Lipinski definition) is 0. The van der Waals surface area contributed by atoms with Crippen LogP contribution < -0.4 is 0 Å². The second kappa shape index (κ2) is 11.3. The first-order chi connectivity index (χ1) is 5.36. The number of hydrogen-bond acceptors (Lipinski definition) is 0. The third kappa shape index (κ3) is 29.5. The number of allylic oxidation sites excluding steroid dienone is 4. The fourth-order valence-corrected chi connectivity index (χ4v) is 0.333. The molecule has 0 radical (unpaired) electrons. The van der Waals surface area contributed by atoms with E-state index in [2.05, 4.69) is 99.8 Å². The van der Waals surface area contributed by atoms with E-state index >= 15 is 0 Å². The normalized spacial score (nSPS) is 8.33. The molecule has 0 bridgehead atoms. The van der Waals surface area contributed by atoms with Gasteiger partial charge < -0.3 is 0 Å². The minimum atomic E-state index is -0.278. The SMILES string of the molecule is CC(C)=CC=C(C)C.[I][V]([I])[I]. The maximum atomic E-state index is 2.46. The molecule has 0 atom stereocenters. The Morgan fingerprint density at radius 1 is 0.833 bits per heavy atom. The van der Waals surface area contributed by atoms with E-state index in [1.807, 2.05) is 0 Å². The van der Waals surface area contributed by atoms with Gasteiger partial charge in [-0.1, -0.05) is 23.3 Å². The Morgan fingerprint density at radius 2 is 1.00 bits per heavy atom. The van der Waals surface area contributed by atoms with Gasteiger partial charge >= 0.3 is 64.9 Å². The molecule has 0 nitrogen and oxygen atoms in total. The van der Waals surface area contributed by atoms with Gasteiger partial charge in [-0.05, 0) is 27.7 Å². The van der Waals surface area contributed by atoms with Crippen molar-refractivity contribution in [1.82, 2.24) is 0 Å². The van der Waals surface area contributed by atoms with Gasteiger partial charge in [0.15, 0.2) is 0 Å². The van der Waals surface area contributed by atoms with Crippen LogP contribution in [0, 0.1) is 0 Å². The van der Waals surface area contributed by atoms with Crippen molar-refractivity contribution in [1.29, 1.82) is 0 Å². The Balaban J connectivity index is 0. The second-order valence-corrected chi connectivity index (χ2v) is 38.0. The molecule has 0 rings (SSSR count). The van der Waals surface area contributed by atoms with Gasteiger partial charge in [0.25, 0.3) is 0 Å². The van der Waals surface area contributed by atoms with Gasteiger partial charge in [0.1, 0.15) is 0 Å². The fraction of sp³-hybridized carbons (Fsp3) is 0.500. The third-order valence-electron chi connectivity index (χ3n) is 0.750. The molecule has 0 saturated heterocycles. The van der Waals surface area contributed by atoms with Gasteiger partial charge in [0.05, 0.1) is 0 Å². The van der Waals surface area contributed by atoms with E-state index in [1.165, 1.54) is 11.1 Å². The summed E-state index contributed by atoms with van der Waals surface area (Å²) in [5.74, 6) is 0. The van der Waals surface area contributed by atoms with Crippen molar-refractivity contribution in [2.24, 2.45) is 0 Å². The van der Waals surface area contributed by atoms with Crippen molar-refractivity contribution in [2.45, 2.75) is 27.7 Å². The Kier molecular flexibility index (Phi) is 15.7. The molecule has 0 aromatic carbocycles. The molecule has 4 heteroatoms. The van der Waals surface area contributed by atoms with Crippen LogP contribution >= 0.6 is 59.9 Å². The van der Waals surface area contributed by atoms with E-state index in [4.69, 9.17) is 0 Å². The molecule has 12 heavy (non-hydrogen) atoms. The summed E-state index contributed by atoms with van der Waals surface area (Å²) in [6.07, 6.45) is 4.24. The molecule has 0 fully saturated rings. The summed E-state index contributed by atoms with van der Waals surface area (Å²) in [7, 11) is 0. The molecule has 0 amide bonds. The molecule has 72 valence electrons. The van der Waals surface area contributed by atoms with E-state index < -0.39 is 0 Å². The summed E-state index contributed by atoms with van der Waals surface area (Å²) >= 11 is 7.39. The average Bonchev–Trinajstić information content (AvgIpc) is 1.82. The van der Waals surface area contributed by atoms with E-state index in [0.717, 1.165) is 0 Å². The van der Waals surface area contributed by atoms with Gasteiger partial charge in [-0.3, -0.25) is 0 Å². The van der Waals surface area contributed by atoms with Crippen molar-refractivity contribution in [3.63, 3.8) is 0 Å². The first-order valence-corrected chi connectivity index (χ1v) is 16.9. The van der Waals surface area contributed by atoms with Crippen LogP contribution in [0.25, 0.3) is 0 Å². The molecule has 0 spiro atoms. The van der Waals surface area contributed by atoms with Gasteiger partial charge in [0.2, 0.25) is 0 Å². The molecular formula is C8H14I3V. The minimum absolute atomic E-state index is 0.278. The van der Waals surface area contributed by atoms with Crippen LogP contribution in [0.3, 0.4) is 0 Å². The van der Waals surface area contributed by atoms with Gasteiger partial charge in [0, 0.05) is 0 Å². The van der Waals surface area contributed by atoms with Gasteiger partial charge in [-0.2, -0.15) is 0 Å². The van der Waals surface area contributed by atoms with Crippen molar-refractivity contribution < 1.29 is 4.92 Å². The third-order valence-corrected chi connectivity index (χ3v) is 0.750. The molecular weight excluding hydrogens is 528 g/mol. The molecule has 0 saturated carbocycles. The fourth-order valence-electron chi connectivity index (χ4n) is 0.333. The summed E-state index contributed by atoms with van der Waals surface area (Å²) in [6.45, 7) is 8.39. The monoisotopic (exact) mass is 542 g/mol. The number of rotatable bonds is 1. The van der Waals surface area contributed by atoms with Gasteiger partial charge in [-0.25, -0.2) is 0 Å². The topological polar surface area (TPSA) is 0 Å². The van der Waals surface area contributed by atoms with Crippen molar-refractivity contribution >= 4 is 59.9 Å². The zero-order valence-corrected chi connectivity index (χ0v) is 15.6. The van der Waals surface area contributed by atoms with Crippen LogP contribution in [-0.4, -0.2) is 0 Å². The maximum absolute atomic E-state index is 2.46. The van der Waals surface area contributed by atoms with Crippen molar-refractivity contribution in [3.8, 4) is 0 Å². The first kappa shape index (κ1) is 16.7. The van der Waals surface area contributed by atoms with Crippen LogP contribution in [0.1, 0.15) is 27.7 Å². The summed E-state index contributed by atoms with van der Waals surface area (Å²) in [5.41, 5.74) is 2.71. The van der Waals surface area contributed by atoms with E-state index in [0.29, 0.717) is 0 Å². The second-order valence-electron chi connectivity index (χ2n) is 2.68. The van der Waals surface area contributed by atoms with Crippen LogP contribution in [-0.2, 0) is 4.92 Å². The van der Waals surface area contributed by atoms with E-state index in [1.54, 1.807) is 0 Å². The van der Waals surface area contributed by atoms with Crippen molar-refractivity contribution in [3.05, 3.63) is 23.3 Å². The Labute approximate surface area is 114 Å². The molecule has 0 unspecified atom stereocenters. The average molecular weight is 542 g/mol. The zero-order chi connectivity index (χ0) is 10.1. The standard InChI is InChI=1S/C8H14.3HI.V/c1-7(2)5-6-8(3)4;;;;/h5-6H,1-4H3;3*1H;/q;;;;+3/p-3. The summed E-state index contributed by atoms with van der Waals surface area (Å²) in [4.78, 5) is -0.278. The van der Waals surface area contributed by atoms with Crippen LogP contribution in [0.5, 0.6) is 0 Å². The van der Waals surface area contributed by atoms with Crippen LogP contribution in [0.15, 0.2) is 23.3 Å². The predicted octanol–water partition coefficient (Wildman–Crippen LogP) is 5.57. The molecule has 0 heterocycles. The molecule has 0 aliphatic rings. The Bertz CT molecular complexity index is 135. The van der Waals surface area contributed by atoms with Crippen LogP contribution in [0.4, 0.5) is 0 Å². The molecule has 0 aromatic heterocycles. The Morgan fingerprint density at radius 3 is 1.08 bits per heavy atom. The zero-order valence-electron chi connectivity index (χ0n) is 7.74. The molecule has 0 aliphatic carbocycles. The summed E-state index contributed by atoms with van der Waals surface area (Å²) in [5, 5.41) is 0. The molecule has 0 aliphatic heterocycles. The summed E-state index contributed by atoms with van der Waals surface area (Å²) < 4.78 is 0. The van der Waals surface area contributed by atoms with Gasteiger partial charge in [-0.15, -0.1) is 0 Å². The van der Waals surface area contributed by atoms with E-state index in [9.17, 15) is 0 Å². The number of halogens is 3. The summed E-state index contributed by atoms with van der Waals surface area (Å²) in [6, 6.07) is 0. The molecule has 0 N–H and O–H groups in total.